The van der Waals surface area contributed by atoms with Crippen LogP contribution < -0.4 is 4.72 Å². The molecule has 2 heterocycles. The fraction of sp³-hybridized carbons (Fsp3) is 0.200. The highest BCUT2D eigenvalue weighted by atomic mass is 35.5. The quantitative estimate of drug-likeness (QED) is 0.849. The maximum absolute atomic E-state index is 12.0. The standard InChI is InChI=1S/C10H11ClN4O2S/c1-15-8(4-6-13-15)7-14-18(16,17)9-3-2-5-12-10(9)11/h2-6,14H,7H2,1H3. The Bertz CT molecular complexity index is 653. The Balaban J connectivity index is 2.19. The molecule has 0 aliphatic rings. The van der Waals surface area contributed by atoms with Gasteiger partial charge in [-0.2, -0.15) is 5.10 Å². The molecule has 0 aliphatic carbocycles. The van der Waals surface area contributed by atoms with E-state index in [-0.39, 0.29) is 16.6 Å². The van der Waals surface area contributed by atoms with Crippen molar-refractivity contribution in [3.05, 3.63) is 41.4 Å². The van der Waals surface area contributed by atoms with Crippen molar-refractivity contribution in [1.29, 1.82) is 0 Å². The summed E-state index contributed by atoms with van der Waals surface area (Å²) in [5.41, 5.74) is 0.749. The molecule has 0 spiro atoms. The van der Waals surface area contributed by atoms with Crippen LogP contribution >= 0.6 is 11.6 Å². The third-order valence-corrected chi connectivity index (χ3v) is 4.23. The number of hydrogen-bond acceptors (Lipinski definition) is 4. The Hall–Kier alpha value is -1.44. The van der Waals surface area contributed by atoms with Crippen LogP contribution in [0.4, 0.5) is 0 Å². The van der Waals surface area contributed by atoms with Gasteiger partial charge >= 0.3 is 0 Å². The first-order chi connectivity index (χ1) is 8.50. The molecule has 0 atom stereocenters. The summed E-state index contributed by atoms with van der Waals surface area (Å²) in [6.45, 7) is 0.143. The zero-order chi connectivity index (χ0) is 13.2. The SMILES string of the molecule is Cn1nccc1CNS(=O)(=O)c1cccnc1Cl. The highest BCUT2D eigenvalue weighted by molar-refractivity contribution is 7.89. The predicted molar refractivity (Wildman–Crippen MR) is 66.5 cm³/mol. The van der Waals surface area contributed by atoms with E-state index in [9.17, 15) is 8.42 Å². The highest BCUT2D eigenvalue weighted by Gasteiger charge is 2.18. The summed E-state index contributed by atoms with van der Waals surface area (Å²) in [4.78, 5) is 3.70. The topological polar surface area (TPSA) is 76.9 Å². The second-order valence-electron chi connectivity index (χ2n) is 3.56. The maximum Gasteiger partial charge on any atom is 0.243 e. The fourth-order valence-corrected chi connectivity index (χ4v) is 2.84. The summed E-state index contributed by atoms with van der Waals surface area (Å²) in [5.74, 6) is 0. The van der Waals surface area contributed by atoms with Crippen LogP contribution in [-0.4, -0.2) is 23.2 Å². The first-order valence-electron chi connectivity index (χ1n) is 5.08. The molecule has 2 rings (SSSR count). The highest BCUT2D eigenvalue weighted by Crippen LogP contribution is 2.17. The molecule has 1 N–H and O–H groups in total. The molecule has 0 fully saturated rings. The second-order valence-corrected chi connectivity index (χ2v) is 5.66. The molecular formula is C10H11ClN4O2S. The van der Waals surface area contributed by atoms with Gasteiger partial charge < -0.3 is 0 Å². The number of hydrogen-bond donors (Lipinski definition) is 1. The molecule has 6 nitrogen and oxygen atoms in total. The van der Waals surface area contributed by atoms with E-state index in [1.807, 2.05) is 0 Å². The van der Waals surface area contributed by atoms with Crippen molar-refractivity contribution in [2.45, 2.75) is 11.4 Å². The largest absolute Gasteiger partial charge is 0.271 e. The van der Waals surface area contributed by atoms with E-state index in [1.54, 1.807) is 24.0 Å². The number of pyridine rings is 1. The van der Waals surface area contributed by atoms with Gasteiger partial charge in [0.2, 0.25) is 10.0 Å². The average molecular weight is 287 g/mol. The fourth-order valence-electron chi connectivity index (χ4n) is 1.39. The van der Waals surface area contributed by atoms with E-state index in [0.29, 0.717) is 0 Å². The van der Waals surface area contributed by atoms with E-state index >= 15 is 0 Å². The van der Waals surface area contributed by atoms with Crippen molar-refractivity contribution in [3.63, 3.8) is 0 Å². The smallest absolute Gasteiger partial charge is 0.243 e. The number of sulfonamides is 1. The lowest BCUT2D eigenvalue weighted by molar-refractivity contribution is 0.577. The normalized spacial score (nSPS) is 11.7. The summed E-state index contributed by atoms with van der Waals surface area (Å²) < 4.78 is 28.0. The van der Waals surface area contributed by atoms with Crippen LogP contribution in [0.25, 0.3) is 0 Å². The average Bonchev–Trinajstić information content (AvgIpc) is 2.73. The molecule has 0 saturated heterocycles. The molecule has 0 unspecified atom stereocenters. The number of nitrogens with zero attached hydrogens (tertiary/aromatic N) is 3. The van der Waals surface area contributed by atoms with E-state index < -0.39 is 10.0 Å². The molecule has 0 aliphatic heterocycles. The Morgan fingerprint density at radius 3 is 2.78 bits per heavy atom. The molecule has 2 aromatic heterocycles. The maximum atomic E-state index is 12.0. The van der Waals surface area contributed by atoms with Crippen molar-refractivity contribution < 1.29 is 8.42 Å². The summed E-state index contributed by atoms with van der Waals surface area (Å²) in [6, 6.07) is 4.65. The minimum Gasteiger partial charge on any atom is -0.271 e. The molecule has 0 saturated carbocycles. The van der Waals surface area contributed by atoms with Gasteiger partial charge in [0.15, 0.2) is 0 Å². The van der Waals surface area contributed by atoms with Crippen molar-refractivity contribution >= 4 is 21.6 Å². The summed E-state index contributed by atoms with van der Waals surface area (Å²) in [7, 11) is -1.93. The molecule has 0 radical (unpaired) electrons. The van der Waals surface area contributed by atoms with Crippen molar-refractivity contribution in [3.8, 4) is 0 Å². The monoisotopic (exact) mass is 286 g/mol. The number of nitrogens with one attached hydrogen (secondary N) is 1. The molecule has 18 heavy (non-hydrogen) atoms. The summed E-state index contributed by atoms with van der Waals surface area (Å²) in [5, 5.41) is 3.90. The van der Waals surface area contributed by atoms with Gasteiger partial charge in [0, 0.05) is 19.4 Å². The summed E-state index contributed by atoms with van der Waals surface area (Å²) in [6.07, 6.45) is 3.03. The van der Waals surface area contributed by atoms with Crippen LogP contribution in [0.5, 0.6) is 0 Å². The van der Waals surface area contributed by atoms with Gasteiger partial charge in [-0.25, -0.2) is 18.1 Å². The molecule has 0 amide bonds. The minimum absolute atomic E-state index is 0.0335. The zero-order valence-electron chi connectivity index (χ0n) is 9.54. The van der Waals surface area contributed by atoms with E-state index in [4.69, 9.17) is 11.6 Å². The molecular weight excluding hydrogens is 276 g/mol. The first kappa shape index (κ1) is 13.0. The van der Waals surface area contributed by atoms with Gasteiger partial charge in [0.05, 0.1) is 12.2 Å². The van der Waals surface area contributed by atoms with E-state index in [0.717, 1.165) is 5.69 Å². The van der Waals surface area contributed by atoms with Crippen LogP contribution in [0, 0.1) is 0 Å². The third kappa shape index (κ3) is 2.69. The van der Waals surface area contributed by atoms with E-state index in [2.05, 4.69) is 14.8 Å². The van der Waals surface area contributed by atoms with Crippen molar-refractivity contribution in [2.24, 2.45) is 7.05 Å². The van der Waals surface area contributed by atoms with Crippen LogP contribution in [0.1, 0.15) is 5.69 Å². The Morgan fingerprint density at radius 1 is 1.39 bits per heavy atom. The molecule has 0 aromatic carbocycles. The molecule has 96 valence electrons. The van der Waals surface area contributed by atoms with Crippen LogP contribution in [0.3, 0.4) is 0 Å². The third-order valence-electron chi connectivity index (χ3n) is 2.38. The van der Waals surface area contributed by atoms with Crippen LogP contribution in [0.15, 0.2) is 35.5 Å². The number of halogens is 1. The molecule has 0 bridgehead atoms. The zero-order valence-corrected chi connectivity index (χ0v) is 11.1. The van der Waals surface area contributed by atoms with Crippen molar-refractivity contribution in [1.82, 2.24) is 19.5 Å². The van der Waals surface area contributed by atoms with Gasteiger partial charge in [-0.15, -0.1) is 0 Å². The van der Waals surface area contributed by atoms with Gasteiger partial charge in [0.25, 0.3) is 0 Å². The van der Waals surface area contributed by atoms with Gasteiger partial charge in [-0.3, -0.25) is 4.68 Å². The Morgan fingerprint density at radius 2 is 2.17 bits per heavy atom. The van der Waals surface area contributed by atoms with E-state index in [1.165, 1.54) is 18.3 Å². The summed E-state index contributed by atoms with van der Waals surface area (Å²) >= 11 is 5.75. The molecule has 2 aromatic rings. The second kappa shape index (κ2) is 5.05. The minimum atomic E-state index is -3.67. The lowest BCUT2D eigenvalue weighted by Crippen LogP contribution is -2.24. The number of aromatic nitrogens is 3. The number of aryl methyl sites for hydroxylation is 1. The van der Waals surface area contributed by atoms with Crippen molar-refractivity contribution in [2.75, 3.05) is 0 Å². The van der Waals surface area contributed by atoms with Crippen LogP contribution in [-0.2, 0) is 23.6 Å². The Kier molecular flexibility index (Phi) is 3.65. The molecule has 8 heteroatoms. The first-order valence-corrected chi connectivity index (χ1v) is 6.94. The lowest BCUT2D eigenvalue weighted by atomic mass is 10.4. The van der Waals surface area contributed by atoms with Gasteiger partial charge in [-0.1, -0.05) is 11.6 Å². The number of rotatable bonds is 4. The van der Waals surface area contributed by atoms with Gasteiger partial charge in [0.1, 0.15) is 10.0 Å². The van der Waals surface area contributed by atoms with Gasteiger partial charge in [-0.05, 0) is 18.2 Å². The van der Waals surface area contributed by atoms with Crippen LogP contribution in [0.2, 0.25) is 5.15 Å². The lowest BCUT2D eigenvalue weighted by Gasteiger charge is -2.07. The predicted octanol–water partition coefficient (Wildman–Crippen LogP) is 0.947. The Labute approximate surface area is 110 Å².